The van der Waals surface area contributed by atoms with Gasteiger partial charge in [-0.1, -0.05) is 12.1 Å². The van der Waals surface area contributed by atoms with Gasteiger partial charge >= 0.3 is 5.97 Å². The van der Waals surface area contributed by atoms with E-state index in [-0.39, 0.29) is 18.7 Å². The number of carbonyl (C=O) groups excluding carboxylic acids is 2. The molecule has 0 radical (unpaired) electrons. The summed E-state index contributed by atoms with van der Waals surface area (Å²) in [5, 5.41) is 0.722. The second-order valence-electron chi connectivity index (χ2n) is 6.44. The van der Waals surface area contributed by atoms with Gasteiger partial charge in [0.05, 0.1) is 19.1 Å². The molecule has 0 bridgehead atoms. The molecule has 0 atom stereocenters. The lowest BCUT2D eigenvalue weighted by atomic mass is 10.2. The van der Waals surface area contributed by atoms with Gasteiger partial charge in [-0.2, -0.15) is 0 Å². The van der Waals surface area contributed by atoms with Gasteiger partial charge in [0.1, 0.15) is 23.4 Å². The Kier molecular flexibility index (Phi) is 4.86. The quantitative estimate of drug-likeness (QED) is 0.459. The molecule has 29 heavy (non-hydrogen) atoms. The van der Waals surface area contributed by atoms with E-state index in [4.69, 9.17) is 13.6 Å². The first kappa shape index (κ1) is 18.5. The molecule has 3 aromatic heterocycles. The Bertz CT molecular complexity index is 1240. The third-order valence-corrected chi connectivity index (χ3v) is 4.41. The zero-order chi connectivity index (χ0) is 20.4. The molecule has 0 spiro atoms. The molecule has 0 saturated heterocycles. The van der Waals surface area contributed by atoms with Gasteiger partial charge in [-0.15, -0.1) is 0 Å². The van der Waals surface area contributed by atoms with Crippen LogP contribution in [0.4, 0.5) is 0 Å². The number of benzene rings is 1. The van der Waals surface area contributed by atoms with E-state index < -0.39 is 24.0 Å². The SMILES string of the molecule is CN(Cc1ccco1)C(=O)COC(=O)Cn1cnc2c(oc3ccccc32)c1=O. The van der Waals surface area contributed by atoms with Crippen LogP contribution in [0.1, 0.15) is 5.76 Å². The molecule has 0 N–H and O–H groups in total. The molecular formula is C20H17N3O6. The molecule has 4 rings (SSSR count). The monoisotopic (exact) mass is 395 g/mol. The summed E-state index contributed by atoms with van der Waals surface area (Å²) in [6, 6.07) is 10.6. The molecule has 1 aromatic carbocycles. The summed E-state index contributed by atoms with van der Waals surface area (Å²) in [5.74, 6) is -0.513. The van der Waals surface area contributed by atoms with Gasteiger partial charge in [0.25, 0.3) is 11.5 Å². The topological polar surface area (TPSA) is 108 Å². The Morgan fingerprint density at radius 1 is 1.21 bits per heavy atom. The summed E-state index contributed by atoms with van der Waals surface area (Å²) in [7, 11) is 1.57. The predicted molar refractivity (Wildman–Crippen MR) is 102 cm³/mol. The summed E-state index contributed by atoms with van der Waals surface area (Å²) < 4.78 is 16.8. The zero-order valence-corrected chi connectivity index (χ0v) is 15.5. The van der Waals surface area contributed by atoms with Crippen LogP contribution in [0.2, 0.25) is 0 Å². The number of amides is 1. The van der Waals surface area contributed by atoms with E-state index in [1.165, 1.54) is 17.5 Å². The van der Waals surface area contributed by atoms with E-state index in [1.54, 1.807) is 37.4 Å². The minimum Gasteiger partial charge on any atom is -0.467 e. The van der Waals surface area contributed by atoms with E-state index in [9.17, 15) is 14.4 Å². The van der Waals surface area contributed by atoms with Crippen LogP contribution in [0.5, 0.6) is 0 Å². The highest BCUT2D eigenvalue weighted by Gasteiger charge is 2.17. The molecule has 0 fully saturated rings. The molecule has 9 heteroatoms. The largest absolute Gasteiger partial charge is 0.467 e. The molecule has 4 aromatic rings. The molecule has 0 saturated carbocycles. The minimum atomic E-state index is -0.732. The van der Waals surface area contributed by atoms with Crippen LogP contribution in [-0.2, 0) is 27.4 Å². The average molecular weight is 395 g/mol. The fourth-order valence-electron chi connectivity index (χ4n) is 2.89. The summed E-state index contributed by atoms with van der Waals surface area (Å²) in [4.78, 5) is 42.4. The number of aromatic nitrogens is 2. The molecule has 148 valence electrons. The highest BCUT2D eigenvalue weighted by Crippen LogP contribution is 2.23. The van der Waals surface area contributed by atoms with Crippen LogP contribution in [0.3, 0.4) is 0 Å². The van der Waals surface area contributed by atoms with Crippen LogP contribution >= 0.6 is 0 Å². The molecule has 1 amide bonds. The Labute approximate surface area is 164 Å². The highest BCUT2D eigenvalue weighted by molar-refractivity contribution is 6.01. The first-order chi connectivity index (χ1) is 14.0. The second-order valence-corrected chi connectivity index (χ2v) is 6.44. The molecule has 0 aliphatic heterocycles. The third-order valence-electron chi connectivity index (χ3n) is 4.41. The maximum atomic E-state index is 12.6. The van der Waals surface area contributed by atoms with Gasteiger partial charge < -0.3 is 18.5 Å². The highest BCUT2D eigenvalue weighted by atomic mass is 16.5. The molecule has 0 aliphatic rings. The normalized spacial score (nSPS) is 11.1. The number of hydrogen-bond donors (Lipinski definition) is 0. The second kappa shape index (κ2) is 7.63. The van der Waals surface area contributed by atoms with Crippen LogP contribution < -0.4 is 5.56 Å². The number of para-hydroxylation sites is 1. The van der Waals surface area contributed by atoms with Gasteiger partial charge in [0.2, 0.25) is 5.58 Å². The Balaban J connectivity index is 1.41. The Hall–Kier alpha value is -3.88. The lowest BCUT2D eigenvalue weighted by Crippen LogP contribution is -2.32. The summed E-state index contributed by atoms with van der Waals surface area (Å²) >= 11 is 0. The lowest BCUT2D eigenvalue weighted by molar-refractivity contribution is -0.152. The number of carbonyl (C=O) groups is 2. The zero-order valence-electron chi connectivity index (χ0n) is 15.5. The molecule has 0 unspecified atom stereocenters. The fraction of sp³-hybridized carbons (Fsp3) is 0.200. The van der Waals surface area contributed by atoms with Crippen molar-refractivity contribution in [1.29, 1.82) is 0 Å². The van der Waals surface area contributed by atoms with Gasteiger partial charge in [-0.3, -0.25) is 19.0 Å². The van der Waals surface area contributed by atoms with Gasteiger partial charge in [0.15, 0.2) is 6.61 Å². The predicted octanol–water partition coefficient (Wildman–Crippen LogP) is 1.94. The number of hydrogen-bond acceptors (Lipinski definition) is 7. The maximum absolute atomic E-state index is 12.6. The van der Waals surface area contributed by atoms with Gasteiger partial charge in [-0.25, -0.2) is 4.98 Å². The third kappa shape index (κ3) is 3.75. The maximum Gasteiger partial charge on any atom is 0.326 e. The van der Waals surface area contributed by atoms with Crippen molar-refractivity contribution in [1.82, 2.24) is 14.5 Å². The van der Waals surface area contributed by atoms with Gasteiger partial charge in [-0.05, 0) is 24.3 Å². The summed E-state index contributed by atoms with van der Waals surface area (Å²) in [5.41, 5.74) is 0.544. The van der Waals surface area contributed by atoms with E-state index >= 15 is 0 Å². The number of likely N-dealkylation sites (N-methyl/N-ethyl adjacent to an activating group) is 1. The minimum absolute atomic E-state index is 0.0655. The molecule has 0 aliphatic carbocycles. The van der Waals surface area contributed by atoms with E-state index in [0.717, 1.165) is 9.95 Å². The number of esters is 1. The summed E-state index contributed by atoms with van der Waals surface area (Å²) in [6.45, 7) is -0.561. The molecular weight excluding hydrogens is 378 g/mol. The number of ether oxygens (including phenoxy) is 1. The van der Waals surface area contributed by atoms with Crippen molar-refractivity contribution < 1.29 is 23.2 Å². The number of furan rings is 2. The standard InChI is InChI=1S/C20H17N3O6/c1-22(9-13-5-4-8-27-13)16(24)11-28-17(25)10-23-12-21-18-14-6-2-3-7-15(14)29-19(18)20(23)26/h2-8,12H,9-11H2,1H3. The smallest absolute Gasteiger partial charge is 0.326 e. The van der Waals surface area contributed by atoms with Crippen molar-refractivity contribution in [2.24, 2.45) is 0 Å². The van der Waals surface area contributed by atoms with Crippen molar-refractivity contribution in [3.05, 3.63) is 65.1 Å². The van der Waals surface area contributed by atoms with Crippen LogP contribution in [0, 0.1) is 0 Å². The first-order valence-corrected chi connectivity index (χ1v) is 8.81. The van der Waals surface area contributed by atoms with Crippen LogP contribution in [-0.4, -0.2) is 40.0 Å². The molecule has 3 heterocycles. The number of nitrogens with zero attached hydrogens (tertiary/aromatic N) is 3. The first-order valence-electron chi connectivity index (χ1n) is 8.81. The van der Waals surface area contributed by atoms with Crippen LogP contribution in [0.15, 0.2) is 62.6 Å². The fourth-order valence-corrected chi connectivity index (χ4v) is 2.89. The van der Waals surface area contributed by atoms with Crippen LogP contribution in [0.25, 0.3) is 22.1 Å². The van der Waals surface area contributed by atoms with Crippen molar-refractivity contribution >= 4 is 33.9 Å². The van der Waals surface area contributed by atoms with Gasteiger partial charge in [0, 0.05) is 12.4 Å². The number of fused-ring (bicyclic) bond motifs is 3. The van der Waals surface area contributed by atoms with Crippen molar-refractivity contribution in [3.8, 4) is 0 Å². The number of rotatable bonds is 6. The summed E-state index contributed by atoms with van der Waals surface area (Å²) in [6.07, 6.45) is 2.77. The van der Waals surface area contributed by atoms with Crippen molar-refractivity contribution in [2.45, 2.75) is 13.1 Å². The Morgan fingerprint density at radius 2 is 2.03 bits per heavy atom. The average Bonchev–Trinajstić information content (AvgIpc) is 3.36. The molecule has 9 nitrogen and oxygen atoms in total. The Morgan fingerprint density at radius 3 is 2.83 bits per heavy atom. The van der Waals surface area contributed by atoms with E-state index in [1.807, 2.05) is 6.07 Å². The van der Waals surface area contributed by atoms with Crippen molar-refractivity contribution in [2.75, 3.05) is 13.7 Å². The lowest BCUT2D eigenvalue weighted by Gasteiger charge is -2.15. The van der Waals surface area contributed by atoms with Crippen molar-refractivity contribution in [3.63, 3.8) is 0 Å². The van der Waals surface area contributed by atoms with E-state index in [2.05, 4.69) is 4.98 Å². The van der Waals surface area contributed by atoms with E-state index in [0.29, 0.717) is 16.9 Å².